The van der Waals surface area contributed by atoms with E-state index < -0.39 is 0 Å². The number of nitrogens with zero attached hydrogens (tertiary/aromatic N) is 1. The molecule has 25 heavy (non-hydrogen) atoms. The number of nitrogens with one attached hydrogen (secondary N) is 1. The van der Waals surface area contributed by atoms with Gasteiger partial charge in [0.2, 0.25) is 11.8 Å². The summed E-state index contributed by atoms with van der Waals surface area (Å²) in [6.45, 7) is 2.08. The Morgan fingerprint density at radius 1 is 1.40 bits per heavy atom. The molecule has 0 saturated carbocycles. The Kier molecular flexibility index (Phi) is 4.95. The summed E-state index contributed by atoms with van der Waals surface area (Å²) in [6.07, 6.45) is 4.38. The van der Waals surface area contributed by atoms with Crippen LogP contribution in [-0.4, -0.2) is 33.4 Å². The number of carbonyl (C=O) groups is 2. The van der Waals surface area contributed by atoms with Crippen LogP contribution in [0, 0.1) is 0 Å². The molecule has 3 aliphatic rings. The number of nitrogen functional groups attached to an aromatic ring is 1. The number of benzene rings is 1. The Morgan fingerprint density at radius 2 is 2.20 bits per heavy atom. The Balaban J connectivity index is 0.00000182. The number of thioether (sulfide) groups is 1. The van der Waals surface area contributed by atoms with Gasteiger partial charge in [0.25, 0.3) is 0 Å². The van der Waals surface area contributed by atoms with Gasteiger partial charge in [0, 0.05) is 17.9 Å². The average Bonchev–Trinajstić information content (AvgIpc) is 3.04. The number of amides is 2. The number of hydrogen-bond donors (Lipinski definition) is 2. The quantitative estimate of drug-likeness (QED) is 0.772. The van der Waals surface area contributed by atoms with Gasteiger partial charge in [0.1, 0.15) is 6.04 Å². The SMILES string of the molecule is CC12CCC(=O)N1C(C(=O)NC1CCCc3cc(N)ccc31)CS2.Cl. The van der Waals surface area contributed by atoms with E-state index in [1.807, 2.05) is 23.1 Å². The molecule has 136 valence electrons. The smallest absolute Gasteiger partial charge is 0.244 e. The first-order valence-corrected chi connectivity index (χ1v) is 9.61. The molecule has 1 aliphatic carbocycles. The second-order valence-corrected chi connectivity index (χ2v) is 8.68. The fourth-order valence-corrected chi connectivity index (χ4v) is 5.70. The summed E-state index contributed by atoms with van der Waals surface area (Å²) in [7, 11) is 0. The first-order chi connectivity index (χ1) is 11.5. The van der Waals surface area contributed by atoms with Gasteiger partial charge in [-0.2, -0.15) is 0 Å². The van der Waals surface area contributed by atoms with Gasteiger partial charge in [-0.25, -0.2) is 0 Å². The number of aryl methyl sites for hydroxylation is 1. The van der Waals surface area contributed by atoms with Gasteiger partial charge < -0.3 is 16.0 Å². The molecule has 0 bridgehead atoms. The molecule has 7 heteroatoms. The Bertz CT molecular complexity index is 714. The Hall–Kier alpha value is -1.40. The minimum atomic E-state index is -0.339. The number of nitrogens with two attached hydrogens (primary N) is 1. The highest BCUT2D eigenvalue weighted by Crippen LogP contribution is 2.47. The molecule has 4 rings (SSSR count). The lowest BCUT2D eigenvalue weighted by atomic mass is 9.87. The van der Waals surface area contributed by atoms with Gasteiger partial charge in [-0.3, -0.25) is 9.59 Å². The lowest BCUT2D eigenvalue weighted by Crippen LogP contribution is -2.50. The predicted octanol–water partition coefficient (Wildman–Crippen LogP) is 2.64. The molecule has 2 fully saturated rings. The Morgan fingerprint density at radius 3 is 3.00 bits per heavy atom. The number of hydrogen-bond acceptors (Lipinski definition) is 4. The van der Waals surface area contributed by atoms with E-state index in [4.69, 9.17) is 5.73 Å². The molecule has 3 unspecified atom stereocenters. The van der Waals surface area contributed by atoms with Crippen LogP contribution in [0.15, 0.2) is 18.2 Å². The summed E-state index contributed by atoms with van der Waals surface area (Å²) in [4.78, 5) is 26.7. The van der Waals surface area contributed by atoms with E-state index in [1.165, 1.54) is 11.1 Å². The highest BCUT2D eigenvalue weighted by molar-refractivity contribution is 8.01. The molecule has 3 atom stereocenters. The van der Waals surface area contributed by atoms with Crippen LogP contribution in [0.25, 0.3) is 0 Å². The summed E-state index contributed by atoms with van der Waals surface area (Å²) >= 11 is 1.73. The standard InChI is InChI=1S/C18H23N3O2S.ClH/c1-18-8-7-16(22)21(18)15(10-24-18)17(23)20-14-4-2-3-11-9-12(19)5-6-13(11)14;/h5-6,9,14-15H,2-4,7-8,10,19H2,1H3,(H,20,23);1H. The van der Waals surface area contributed by atoms with Gasteiger partial charge >= 0.3 is 0 Å². The molecule has 0 aromatic heterocycles. The van der Waals surface area contributed by atoms with Crippen molar-refractivity contribution < 1.29 is 9.59 Å². The van der Waals surface area contributed by atoms with E-state index in [0.717, 1.165) is 31.4 Å². The largest absolute Gasteiger partial charge is 0.399 e. The second-order valence-electron chi connectivity index (χ2n) is 7.18. The maximum atomic E-state index is 12.9. The lowest BCUT2D eigenvalue weighted by molar-refractivity contribution is -0.138. The van der Waals surface area contributed by atoms with Crippen LogP contribution in [0.3, 0.4) is 0 Å². The summed E-state index contributed by atoms with van der Waals surface area (Å²) in [5.41, 5.74) is 9.05. The van der Waals surface area contributed by atoms with E-state index in [2.05, 4.69) is 12.2 Å². The minimum Gasteiger partial charge on any atom is -0.399 e. The third-order valence-electron chi connectivity index (χ3n) is 5.55. The number of halogens is 1. The van der Waals surface area contributed by atoms with Gasteiger partial charge in [-0.15, -0.1) is 24.2 Å². The highest BCUT2D eigenvalue weighted by Gasteiger charge is 2.53. The van der Waals surface area contributed by atoms with Gasteiger partial charge in [-0.05, 0) is 55.9 Å². The van der Waals surface area contributed by atoms with E-state index >= 15 is 0 Å². The zero-order valence-corrected chi connectivity index (χ0v) is 15.9. The molecule has 1 aromatic rings. The van der Waals surface area contributed by atoms with Crippen LogP contribution < -0.4 is 11.1 Å². The zero-order chi connectivity index (χ0) is 16.9. The summed E-state index contributed by atoms with van der Waals surface area (Å²) in [6, 6.07) is 5.63. The monoisotopic (exact) mass is 381 g/mol. The molecule has 5 nitrogen and oxygen atoms in total. The van der Waals surface area contributed by atoms with Crippen LogP contribution >= 0.6 is 24.2 Å². The maximum absolute atomic E-state index is 12.9. The zero-order valence-electron chi connectivity index (χ0n) is 14.3. The molecular weight excluding hydrogens is 358 g/mol. The van der Waals surface area contributed by atoms with Crippen molar-refractivity contribution >= 4 is 41.7 Å². The molecule has 0 radical (unpaired) electrons. The maximum Gasteiger partial charge on any atom is 0.244 e. The first kappa shape index (κ1) is 18.4. The first-order valence-electron chi connectivity index (χ1n) is 8.63. The normalized spacial score (nSPS) is 30.4. The van der Waals surface area contributed by atoms with Crippen molar-refractivity contribution in [1.82, 2.24) is 10.2 Å². The summed E-state index contributed by atoms with van der Waals surface area (Å²) in [5, 5.41) is 3.20. The van der Waals surface area contributed by atoms with E-state index in [1.54, 1.807) is 11.8 Å². The number of carbonyl (C=O) groups excluding carboxylic acids is 2. The third-order valence-corrected chi connectivity index (χ3v) is 7.05. The van der Waals surface area contributed by atoms with Gasteiger partial charge in [0.05, 0.1) is 10.9 Å². The summed E-state index contributed by atoms with van der Waals surface area (Å²) in [5.74, 6) is 0.783. The van der Waals surface area contributed by atoms with Gasteiger partial charge in [0.15, 0.2) is 0 Å². The van der Waals surface area contributed by atoms with E-state index in [9.17, 15) is 9.59 Å². The molecule has 1 aromatic carbocycles. The van der Waals surface area contributed by atoms with Crippen molar-refractivity contribution in [2.45, 2.75) is 56.0 Å². The third kappa shape index (κ3) is 3.10. The van der Waals surface area contributed by atoms with Crippen LogP contribution in [0.4, 0.5) is 5.69 Å². The van der Waals surface area contributed by atoms with Crippen molar-refractivity contribution in [1.29, 1.82) is 0 Å². The minimum absolute atomic E-state index is 0. The van der Waals surface area contributed by atoms with Crippen molar-refractivity contribution in [3.05, 3.63) is 29.3 Å². The molecule has 2 amide bonds. The van der Waals surface area contributed by atoms with Crippen LogP contribution in [0.5, 0.6) is 0 Å². The summed E-state index contributed by atoms with van der Waals surface area (Å²) < 4.78 is 0. The molecule has 2 heterocycles. The Labute approximate surface area is 158 Å². The number of rotatable bonds is 2. The van der Waals surface area contributed by atoms with Crippen LogP contribution in [-0.2, 0) is 16.0 Å². The molecule has 0 spiro atoms. The topological polar surface area (TPSA) is 75.4 Å². The number of anilines is 1. The van der Waals surface area contributed by atoms with Crippen LogP contribution in [0.1, 0.15) is 49.8 Å². The predicted molar refractivity (Wildman–Crippen MR) is 103 cm³/mol. The number of fused-ring (bicyclic) bond motifs is 2. The average molecular weight is 382 g/mol. The molecule has 2 aliphatic heterocycles. The highest BCUT2D eigenvalue weighted by atomic mass is 35.5. The van der Waals surface area contributed by atoms with Crippen molar-refractivity contribution in [3.8, 4) is 0 Å². The fourth-order valence-electron chi connectivity index (χ4n) is 4.27. The van der Waals surface area contributed by atoms with Crippen LogP contribution in [0.2, 0.25) is 0 Å². The lowest BCUT2D eigenvalue weighted by Gasteiger charge is -2.32. The molecule has 3 N–H and O–H groups in total. The van der Waals surface area contributed by atoms with E-state index in [0.29, 0.717) is 12.2 Å². The van der Waals surface area contributed by atoms with Crippen molar-refractivity contribution in [3.63, 3.8) is 0 Å². The second kappa shape index (κ2) is 6.72. The van der Waals surface area contributed by atoms with Crippen molar-refractivity contribution in [2.24, 2.45) is 0 Å². The van der Waals surface area contributed by atoms with Gasteiger partial charge in [-0.1, -0.05) is 6.07 Å². The molecular formula is C18H24ClN3O2S. The molecule has 2 saturated heterocycles. The van der Waals surface area contributed by atoms with Crippen molar-refractivity contribution in [2.75, 3.05) is 11.5 Å². The fraction of sp³-hybridized carbons (Fsp3) is 0.556. The van der Waals surface area contributed by atoms with E-state index in [-0.39, 0.29) is 41.2 Å².